The van der Waals surface area contributed by atoms with E-state index in [1.54, 1.807) is 40.1 Å². The average Bonchev–Trinajstić information content (AvgIpc) is 2.78. The van der Waals surface area contributed by atoms with Crippen LogP contribution in [0.3, 0.4) is 0 Å². The van der Waals surface area contributed by atoms with Gasteiger partial charge in [0, 0.05) is 18.1 Å². The summed E-state index contributed by atoms with van der Waals surface area (Å²) in [6.45, 7) is 2.11. The van der Waals surface area contributed by atoms with Gasteiger partial charge >= 0.3 is 0 Å². The van der Waals surface area contributed by atoms with Gasteiger partial charge in [-0.05, 0) is 30.3 Å². The van der Waals surface area contributed by atoms with E-state index in [2.05, 4.69) is 0 Å². The van der Waals surface area contributed by atoms with Gasteiger partial charge in [0.25, 0.3) is 11.8 Å². The number of nitrogens with zero attached hydrogens (tertiary/aromatic N) is 2. The van der Waals surface area contributed by atoms with Gasteiger partial charge < -0.3 is 24.0 Å². The highest BCUT2D eigenvalue weighted by molar-refractivity contribution is 6.31. The van der Waals surface area contributed by atoms with Crippen LogP contribution >= 0.6 is 11.6 Å². The highest BCUT2D eigenvalue weighted by atomic mass is 35.5. The third-order valence-electron chi connectivity index (χ3n) is 5.01. The lowest BCUT2D eigenvalue weighted by atomic mass is 10.1. The number of hydrogen-bond acceptors (Lipinski definition) is 5. The summed E-state index contributed by atoms with van der Waals surface area (Å²) in [6.07, 6.45) is -0.794. The molecule has 0 saturated carbocycles. The van der Waals surface area contributed by atoms with Crippen molar-refractivity contribution in [3.63, 3.8) is 0 Å². The molecule has 2 aromatic rings. The van der Waals surface area contributed by atoms with Gasteiger partial charge in [0.1, 0.15) is 11.5 Å². The van der Waals surface area contributed by atoms with E-state index in [1.807, 2.05) is 12.1 Å². The Hall–Kier alpha value is -2.77. The first-order valence-corrected chi connectivity index (χ1v) is 9.74. The molecule has 2 amide bonds. The van der Waals surface area contributed by atoms with Gasteiger partial charge in [0.2, 0.25) is 0 Å². The zero-order valence-electron chi connectivity index (χ0n) is 16.0. The molecular formula is C21H21ClN2O5. The monoisotopic (exact) mass is 416 g/mol. The van der Waals surface area contributed by atoms with Crippen LogP contribution in [0, 0.1) is 0 Å². The van der Waals surface area contributed by atoms with E-state index >= 15 is 0 Å². The molecule has 1 atom stereocenters. The maximum atomic E-state index is 13.4. The summed E-state index contributed by atoms with van der Waals surface area (Å²) >= 11 is 6.11. The van der Waals surface area contributed by atoms with Crippen LogP contribution < -0.4 is 14.4 Å². The lowest BCUT2D eigenvalue weighted by molar-refractivity contribution is -0.142. The molecule has 2 aromatic carbocycles. The quantitative estimate of drug-likeness (QED) is 0.769. The number of carbonyl (C=O) groups excluding carboxylic acids is 2. The molecule has 0 spiro atoms. The summed E-state index contributed by atoms with van der Waals surface area (Å²) in [6, 6.07) is 12.1. The standard InChI is InChI=1S/C21H21ClN2O5/c1-27-17-7-6-14(22)12-15(17)20(25)24-13-19(21(26)23-8-10-28-11-9-23)29-18-5-3-2-4-16(18)24/h2-7,12,19H,8-11,13H2,1H3/t19-/m0/s1. The molecule has 0 radical (unpaired) electrons. The van der Waals surface area contributed by atoms with Crippen molar-refractivity contribution in [1.29, 1.82) is 0 Å². The van der Waals surface area contributed by atoms with Gasteiger partial charge in [0.15, 0.2) is 6.10 Å². The second-order valence-corrected chi connectivity index (χ2v) is 7.21. The van der Waals surface area contributed by atoms with Crippen LogP contribution in [-0.2, 0) is 9.53 Å². The largest absolute Gasteiger partial charge is 0.496 e. The second kappa shape index (κ2) is 8.31. The fourth-order valence-corrected chi connectivity index (χ4v) is 3.71. The number of hydrogen-bond donors (Lipinski definition) is 0. The molecule has 29 heavy (non-hydrogen) atoms. The molecule has 0 aliphatic carbocycles. The van der Waals surface area contributed by atoms with Crippen LogP contribution in [0.5, 0.6) is 11.5 Å². The number of fused-ring (bicyclic) bond motifs is 1. The Labute approximate surface area is 173 Å². The molecule has 2 heterocycles. The summed E-state index contributed by atoms with van der Waals surface area (Å²) in [7, 11) is 1.50. The van der Waals surface area contributed by atoms with Crippen molar-refractivity contribution in [1.82, 2.24) is 4.90 Å². The normalized spacial score (nSPS) is 18.6. The van der Waals surface area contributed by atoms with Gasteiger partial charge in [-0.1, -0.05) is 23.7 Å². The van der Waals surface area contributed by atoms with Crippen LogP contribution in [0.15, 0.2) is 42.5 Å². The van der Waals surface area contributed by atoms with Crippen molar-refractivity contribution < 1.29 is 23.8 Å². The fourth-order valence-electron chi connectivity index (χ4n) is 3.54. The van der Waals surface area contributed by atoms with Gasteiger partial charge in [0.05, 0.1) is 38.1 Å². The highest BCUT2D eigenvalue weighted by Gasteiger charge is 2.37. The van der Waals surface area contributed by atoms with Crippen LogP contribution in [0.1, 0.15) is 10.4 Å². The Morgan fingerprint density at radius 3 is 2.66 bits per heavy atom. The molecule has 8 heteroatoms. The Morgan fingerprint density at radius 2 is 1.90 bits per heavy atom. The van der Waals surface area contributed by atoms with Crippen LogP contribution in [0.2, 0.25) is 5.02 Å². The number of methoxy groups -OCH3 is 1. The highest BCUT2D eigenvalue weighted by Crippen LogP contribution is 2.36. The lowest BCUT2D eigenvalue weighted by Crippen LogP contribution is -2.54. The van der Waals surface area contributed by atoms with E-state index in [-0.39, 0.29) is 18.4 Å². The summed E-state index contributed by atoms with van der Waals surface area (Å²) in [4.78, 5) is 29.7. The number of anilines is 1. The van der Waals surface area contributed by atoms with Crippen LogP contribution in [-0.4, -0.2) is 62.8 Å². The maximum Gasteiger partial charge on any atom is 0.265 e. The number of rotatable bonds is 3. The van der Waals surface area contributed by atoms with Crippen molar-refractivity contribution in [3.8, 4) is 11.5 Å². The third kappa shape index (κ3) is 3.88. The predicted octanol–water partition coefficient (Wildman–Crippen LogP) is 2.62. The van der Waals surface area contributed by atoms with Gasteiger partial charge in [-0.3, -0.25) is 9.59 Å². The van der Waals surface area contributed by atoms with E-state index in [1.165, 1.54) is 7.11 Å². The van der Waals surface area contributed by atoms with Gasteiger partial charge in [-0.25, -0.2) is 0 Å². The van der Waals surface area contributed by atoms with E-state index in [0.29, 0.717) is 54.1 Å². The molecule has 0 bridgehead atoms. The molecule has 2 aliphatic heterocycles. The molecule has 7 nitrogen and oxygen atoms in total. The number of halogens is 1. The second-order valence-electron chi connectivity index (χ2n) is 6.77. The minimum Gasteiger partial charge on any atom is -0.496 e. The lowest BCUT2D eigenvalue weighted by Gasteiger charge is -2.37. The Bertz CT molecular complexity index is 929. The Morgan fingerprint density at radius 1 is 1.14 bits per heavy atom. The van der Waals surface area contributed by atoms with E-state index in [9.17, 15) is 9.59 Å². The van der Waals surface area contributed by atoms with Crippen LogP contribution in [0.4, 0.5) is 5.69 Å². The molecule has 4 rings (SSSR count). The molecule has 0 unspecified atom stereocenters. The summed E-state index contributed by atoms with van der Waals surface area (Å²) in [5.74, 6) is 0.442. The number of morpholine rings is 1. The number of para-hydroxylation sites is 2. The number of benzene rings is 2. The van der Waals surface area contributed by atoms with Gasteiger partial charge in [-0.2, -0.15) is 0 Å². The Balaban J connectivity index is 1.67. The average molecular weight is 417 g/mol. The van der Waals surface area contributed by atoms with Crippen molar-refractivity contribution in [2.24, 2.45) is 0 Å². The van der Waals surface area contributed by atoms with Crippen molar-refractivity contribution >= 4 is 29.1 Å². The first-order valence-electron chi connectivity index (χ1n) is 9.36. The van der Waals surface area contributed by atoms with Crippen molar-refractivity contribution in [2.75, 3.05) is 44.9 Å². The summed E-state index contributed by atoms with van der Waals surface area (Å²) in [5, 5.41) is 0.427. The summed E-state index contributed by atoms with van der Waals surface area (Å²) < 4.78 is 16.6. The third-order valence-corrected chi connectivity index (χ3v) is 5.24. The minimum atomic E-state index is -0.794. The smallest absolute Gasteiger partial charge is 0.265 e. The van der Waals surface area contributed by atoms with Crippen molar-refractivity contribution in [3.05, 3.63) is 53.1 Å². The molecule has 0 N–H and O–H groups in total. The van der Waals surface area contributed by atoms with E-state index in [0.717, 1.165) is 0 Å². The van der Waals surface area contributed by atoms with Gasteiger partial charge in [-0.15, -0.1) is 0 Å². The fraction of sp³-hybridized carbons (Fsp3) is 0.333. The zero-order chi connectivity index (χ0) is 20.4. The minimum absolute atomic E-state index is 0.0989. The summed E-state index contributed by atoms with van der Waals surface area (Å²) in [5.41, 5.74) is 0.930. The van der Waals surface area contributed by atoms with Crippen LogP contribution in [0.25, 0.3) is 0 Å². The SMILES string of the molecule is COc1ccc(Cl)cc1C(=O)N1C[C@@H](C(=O)N2CCOCC2)Oc2ccccc21. The zero-order valence-corrected chi connectivity index (χ0v) is 16.7. The topological polar surface area (TPSA) is 68.3 Å². The molecular weight excluding hydrogens is 396 g/mol. The molecule has 1 fully saturated rings. The number of ether oxygens (including phenoxy) is 3. The number of carbonyl (C=O) groups is 2. The molecule has 1 saturated heterocycles. The first kappa shape index (κ1) is 19.5. The first-order chi connectivity index (χ1) is 14.1. The number of amides is 2. The Kier molecular flexibility index (Phi) is 5.60. The van der Waals surface area contributed by atoms with E-state index in [4.69, 9.17) is 25.8 Å². The molecule has 2 aliphatic rings. The molecule has 152 valence electrons. The maximum absolute atomic E-state index is 13.4. The molecule has 0 aromatic heterocycles. The van der Waals surface area contributed by atoms with E-state index < -0.39 is 6.10 Å². The predicted molar refractivity (Wildman–Crippen MR) is 108 cm³/mol. The van der Waals surface area contributed by atoms with Crippen molar-refractivity contribution in [2.45, 2.75) is 6.10 Å².